The van der Waals surface area contributed by atoms with Crippen LogP contribution in [0.5, 0.6) is 0 Å². The van der Waals surface area contributed by atoms with Crippen molar-refractivity contribution in [2.45, 2.75) is 44.9 Å². The zero-order valence-electron chi connectivity index (χ0n) is 8.54. The van der Waals surface area contributed by atoms with Crippen molar-refractivity contribution in [2.24, 2.45) is 5.92 Å². The monoisotopic (exact) mass is 210 g/mol. The molecule has 2 rings (SSSR count). The molecule has 1 heterocycles. The largest absolute Gasteiger partial charge is 0.375 e. The lowest BCUT2D eigenvalue weighted by molar-refractivity contribution is 0.338. The molecule has 0 radical (unpaired) electrons. The molecular formula is C11H18N2S. The van der Waals surface area contributed by atoms with Gasteiger partial charge in [0.15, 0.2) is 5.13 Å². The van der Waals surface area contributed by atoms with Crippen molar-refractivity contribution in [3.05, 3.63) is 11.1 Å². The van der Waals surface area contributed by atoms with Crippen LogP contribution < -0.4 is 5.73 Å². The van der Waals surface area contributed by atoms with Gasteiger partial charge in [0.1, 0.15) is 0 Å². The summed E-state index contributed by atoms with van der Waals surface area (Å²) in [4.78, 5) is 4.29. The molecule has 0 atom stereocenters. The number of rotatable bonds is 3. The number of nitrogens with two attached hydrogens (primary N) is 1. The quantitative estimate of drug-likeness (QED) is 0.831. The van der Waals surface area contributed by atoms with E-state index in [9.17, 15) is 0 Å². The van der Waals surface area contributed by atoms with E-state index in [0.717, 1.165) is 12.3 Å². The molecule has 0 aromatic carbocycles. The molecule has 78 valence electrons. The summed E-state index contributed by atoms with van der Waals surface area (Å²) in [5.74, 6) is 0.951. The second kappa shape index (κ2) is 4.78. The van der Waals surface area contributed by atoms with Crippen LogP contribution in [-0.4, -0.2) is 4.98 Å². The normalized spacial score (nSPS) is 18.6. The highest BCUT2D eigenvalue weighted by Gasteiger charge is 2.13. The molecule has 1 saturated carbocycles. The summed E-state index contributed by atoms with van der Waals surface area (Å²) in [6, 6.07) is 0. The summed E-state index contributed by atoms with van der Waals surface area (Å²) in [6.07, 6.45) is 9.61. The minimum atomic E-state index is 0.712. The van der Waals surface area contributed by atoms with Gasteiger partial charge < -0.3 is 5.73 Å². The van der Waals surface area contributed by atoms with Crippen molar-refractivity contribution in [3.8, 4) is 0 Å². The Labute approximate surface area is 89.5 Å². The van der Waals surface area contributed by atoms with Crippen molar-refractivity contribution in [1.29, 1.82) is 0 Å². The number of hydrogen-bond donors (Lipinski definition) is 1. The molecule has 0 spiro atoms. The summed E-state index contributed by atoms with van der Waals surface area (Å²) < 4.78 is 0. The smallest absolute Gasteiger partial charge is 0.180 e. The van der Waals surface area contributed by atoms with Crippen LogP contribution in [0.1, 0.15) is 44.2 Å². The van der Waals surface area contributed by atoms with Gasteiger partial charge in [0.05, 0.1) is 5.69 Å². The number of nitrogens with zero attached hydrogens (tertiary/aromatic N) is 1. The van der Waals surface area contributed by atoms with Crippen LogP contribution >= 0.6 is 11.3 Å². The highest BCUT2D eigenvalue weighted by molar-refractivity contribution is 7.13. The molecule has 2 nitrogen and oxygen atoms in total. The number of aromatic nitrogens is 1. The van der Waals surface area contributed by atoms with Gasteiger partial charge in [0.2, 0.25) is 0 Å². The predicted octanol–water partition coefficient (Wildman–Crippen LogP) is 3.24. The summed E-state index contributed by atoms with van der Waals surface area (Å²) >= 11 is 1.56. The third kappa shape index (κ3) is 2.71. The van der Waals surface area contributed by atoms with Crippen molar-refractivity contribution < 1.29 is 0 Å². The molecule has 14 heavy (non-hydrogen) atoms. The van der Waals surface area contributed by atoms with Crippen molar-refractivity contribution in [2.75, 3.05) is 5.73 Å². The Morgan fingerprint density at radius 3 is 2.79 bits per heavy atom. The Balaban J connectivity index is 1.76. The second-order valence-electron chi connectivity index (χ2n) is 4.22. The minimum Gasteiger partial charge on any atom is -0.375 e. The van der Waals surface area contributed by atoms with E-state index in [1.54, 1.807) is 11.3 Å². The molecule has 1 aliphatic rings. The maximum Gasteiger partial charge on any atom is 0.180 e. The molecule has 0 saturated heterocycles. The topological polar surface area (TPSA) is 38.9 Å². The second-order valence-corrected chi connectivity index (χ2v) is 5.11. The SMILES string of the molecule is Nc1nc(CCC2CCCCC2)cs1. The van der Waals surface area contributed by atoms with E-state index in [1.807, 2.05) is 0 Å². The molecule has 0 amide bonds. The third-order valence-corrected chi connectivity index (χ3v) is 3.83. The van der Waals surface area contributed by atoms with Gasteiger partial charge in [-0.25, -0.2) is 4.98 Å². The predicted molar refractivity (Wildman–Crippen MR) is 61.4 cm³/mol. The highest BCUT2D eigenvalue weighted by atomic mass is 32.1. The highest BCUT2D eigenvalue weighted by Crippen LogP contribution is 2.27. The molecule has 1 aliphatic carbocycles. The molecule has 3 heteroatoms. The summed E-state index contributed by atoms with van der Waals surface area (Å²) in [5, 5.41) is 2.81. The van der Waals surface area contributed by atoms with Crippen LogP contribution in [0, 0.1) is 5.92 Å². The minimum absolute atomic E-state index is 0.712. The van der Waals surface area contributed by atoms with Crippen LogP contribution in [0.3, 0.4) is 0 Å². The average molecular weight is 210 g/mol. The molecular weight excluding hydrogens is 192 g/mol. The number of anilines is 1. The fourth-order valence-electron chi connectivity index (χ4n) is 2.27. The number of aryl methyl sites for hydroxylation is 1. The van der Waals surface area contributed by atoms with Gasteiger partial charge in [-0.15, -0.1) is 11.3 Å². The fraction of sp³-hybridized carbons (Fsp3) is 0.727. The van der Waals surface area contributed by atoms with Gasteiger partial charge in [-0.05, 0) is 18.8 Å². The summed E-state index contributed by atoms with van der Waals surface area (Å²) in [7, 11) is 0. The molecule has 2 N–H and O–H groups in total. The standard InChI is InChI=1S/C11H18N2S/c12-11-13-10(8-14-11)7-6-9-4-2-1-3-5-9/h8-9H,1-7H2,(H2,12,13). The van der Waals surface area contributed by atoms with Crippen LogP contribution in [-0.2, 0) is 6.42 Å². The lowest BCUT2D eigenvalue weighted by Gasteiger charge is -2.20. The van der Waals surface area contributed by atoms with Crippen LogP contribution in [0.15, 0.2) is 5.38 Å². The molecule has 0 unspecified atom stereocenters. The van der Waals surface area contributed by atoms with E-state index in [-0.39, 0.29) is 0 Å². The Kier molecular flexibility index (Phi) is 3.40. The average Bonchev–Trinajstić information content (AvgIpc) is 2.63. The van der Waals surface area contributed by atoms with Crippen molar-refractivity contribution in [1.82, 2.24) is 4.98 Å². The van der Waals surface area contributed by atoms with Crippen molar-refractivity contribution >= 4 is 16.5 Å². The van der Waals surface area contributed by atoms with E-state index in [0.29, 0.717) is 5.13 Å². The maximum atomic E-state index is 5.59. The van der Waals surface area contributed by atoms with E-state index < -0.39 is 0 Å². The Morgan fingerprint density at radius 1 is 1.36 bits per heavy atom. The lowest BCUT2D eigenvalue weighted by atomic mass is 9.86. The van der Waals surface area contributed by atoms with Gasteiger partial charge in [0.25, 0.3) is 0 Å². The van der Waals surface area contributed by atoms with E-state index in [4.69, 9.17) is 5.73 Å². The first-order valence-electron chi connectivity index (χ1n) is 5.54. The Hall–Kier alpha value is -0.570. The lowest BCUT2D eigenvalue weighted by Crippen LogP contribution is -2.07. The Bertz CT molecular complexity index is 277. The molecule has 0 aliphatic heterocycles. The molecule has 1 aromatic heterocycles. The van der Waals surface area contributed by atoms with Gasteiger partial charge in [-0.1, -0.05) is 32.1 Å². The summed E-state index contributed by atoms with van der Waals surface area (Å²) in [5.41, 5.74) is 6.79. The fourth-order valence-corrected chi connectivity index (χ4v) is 2.86. The van der Waals surface area contributed by atoms with Gasteiger partial charge in [0, 0.05) is 5.38 Å². The first-order chi connectivity index (χ1) is 6.84. The number of hydrogen-bond acceptors (Lipinski definition) is 3. The summed E-state index contributed by atoms with van der Waals surface area (Å²) in [6.45, 7) is 0. The third-order valence-electron chi connectivity index (χ3n) is 3.10. The van der Waals surface area contributed by atoms with E-state index >= 15 is 0 Å². The van der Waals surface area contributed by atoms with Gasteiger partial charge in [-0.3, -0.25) is 0 Å². The zero-order valence-corrected chi connectivity index (χ0v) is 9.35. The molecule has 1 fully saturated rings. The van der Waals surface area contributed by atoms with E-state index in [2.05, 4.69) is 10.4 Å². The van der Waals surface area contributed by atoms with Gasteiger partial charge in [-0.2, -0.15) is 0 Å². The molecule has 1 aromatic rings. The Morgan fingerprint density at radius 2 is 2.14 bits per heavy atom. The van der Waals surface area contributed by atoms with Crippen LogP contribution in [0.2, 0.25) is 0 Å². The van der Waals surface area contributed by atoms with Crippen LogP contribution in [0.4, 0.5) is 5.13 Å². The number of nitrogen functional groups attached to an aromatic ring is 1. The zero-order chi connectivity index (χ0) is 9.80. The van der Waals surface area contributed by atoms with Crippen LogP contribution in [0.25, 0.3) is 0 Å². The number of thiazole rings is 1. The molecule has 0 bridgehead atoms. The maximum absolute atomic E-state index is 5.59. The first kappa shape index (κ1) is 9.97. The first-order valence-corrected chi connectivity index (χ1v) is 6.42. The van der Waals surface area contributed by atoms with Crippen molar-refractivity contribution in [3.63, 3.8) is 0 Å². The van der Waals surface area contributed by atoms with Gasteiger partial charge >= 0.3 is 0 Å². The van der Waals surface area contributed by atoms with E-state index in [1.165, 1.54) is 44.2 Å².